The highest BCUT2D eigenvalue weighted by Gasteiger charge is 2.05. The van der Waals surface area contributed by atoms with Gasteiger partial charge in [-0.15, -0.1) is 0 Å². The standard InChI is InChI=1S/C17H23NO4/c1-13(2)17(20)21-11-5-3-4-6-16(19)22-12-14-7-9-15(18)10-8-14/h7-10H,1,3-6,11-12,18H2,2H3. The van der Waals surface area contributed by atoms with Gasteiger partial charge in [0.1, 0.15) is 6.61 Å². The molecule has 0 radical (unpaired) electrons. The van der Waals surface area contributed by atoms with Crippen LogP contribution in [0.5, 0.6) is 0 Å². The van der Waals surface area contributed by atoms with E-state index in [-0.39, 0.29) is 18.5 Å². The van der Waals surface area contributed by atoms with E-state index in [0.29, 0.717) is 30.7 Å². The van der Waals surface area contributed by atoms with Gasteiger partial charge in [-0.25, -0.2) is 4.79 Å². The summed E-state index contributed by atoms with van der Waals surface area (Å²) in [6.45, 7) is 5.72. The smallest absolute Gasteiger partial charge is 0.333 e. The highest BCUT2D eigenvalue weighted by atomic mass is 16.5. The van der Waals surface area contributed by atoms with Crippen molar-refractivity contribution in [1.29, 1.82) is 0 Å². The van der Waals surface area contributed by atoms with Gasteiger partial charge in [0.05, 0.1) is 6.61 Å². The molecule has 0 fully saturated rings. The van der Waals surface area contributed by atoms with Crippen LogP contribution >= 0.6 is 0 Å². The van der Waals surface area contributed by atoms with Crippen molar-refractivity contribution >= 4 is 17.6 Å². The Morgan fingerprint density at radius 2 is 1.77 bits per heavy atom. The molecule has 22 heavy (non-hydrogen) atoms. The first-order chi connectivity index (χ1) is 10.5. The summed E-state index contributed by atoms with van der Waals surface area (Å²) in [6, 6.07) is 7.21. The molecule has 0 saturated carbocycles. The number of nitrogen functional groups attached to an aromatic ring is 1. The molecule has 0 atom stereocenters. The molecular formula is C17H23NO4. The summed E-state index contributed by atoms with van der Waals surface area (Å²) < 4.78 is 10.1. The van der Waals surface area contributed by atoms with E-state index in [1.807, 2.05) is 12.1 Å². The van der Waals surface area contributed by atoms with Gasteiger partial charge in [-0.1, -0.05) is 18.7 Å². The highest BCUT2D eigenvalue weighted by Crippen LogP contribution is 2.08. The van der Waals surface area contributed by atoms with E-state index in [9.17, 15) is 9.59 Å². The molecule has 1 aromatic carbocycles. The minimum Gasteiger partial charge on any atom is -0.462 e. The summed E-state index contributed by atoms with van der Waals surface area (Å²) in [5.74, 6) is -0.598. The van der Waals surface area contributed by atoms with Gasteiger partial charge in [0.2, 0.25) is 0 Å². The number of ether oxygens (including phenoxy) is 2. The van der Waals surface area contributed by atoms with E-state index in [0.717, 1.165) is 18.4 Å². The minimum atomic E-state index is -0.372. The first-order valence-electron chi connectivity index (χ1n) is 7.31. The van der Waals surface area contributed by atoms with Crippen molar-refractivity contribution in [2.24, 2.45) is 0 Å². The molecule has 0 spiro atoms. The van der Waals surface area contributed by atoms with Crippen molar-refractivity contribution in [3.63, 3.8) is 0 Å². The fraction of sp³-hybridized carbons (Fsp3) is 0.412. The molecule has 0 aliphatic carbocycles. The normalized spacial score (nSPS) is 10.0. The third-order valence-corrected chi connectivity index (χ3v) is 2.99. The number of unbranched alkanes of at least 4 members (excludes halogenated alkanes) is 2. The second-order valence-corrected chi connectivity index (χ2v) is 5.13. The maximum absolute atomic E-state index is 11.6. The van der Waals surface area contributed by atoms with Crippen LogP contribution in [0.3, 0.4) is 0 Å². The summed E-state index contributed by atoms with van der Waals surface area (Å²) in [5, 5.41) is 0. The molecule has 0 heterocycles. The minimum absolute atomic E-state index is 0.226. The Kier molecular flexibility index (Phi) is 7.75. The van der Waals surface area contributed by atoms with Crippen LogP contribution in [0.25, 0.3) is 0 Å². The van der Waals surface area contributed by atoms with Crippen LogP contribution in [-0.2, 0) is 25.7 Å². The number of rotatable bonds is 9. The number of hydrogen-bond donors (Lipinski definition) is 1. The van der Waals surface area contributed by atoms with Gasteiger partial charge in [-0.05, 0) is 43.9 Å². The highest BCUT2D eigenvalue weighted by molar-refractivity contribution is 5.86. The Labute approximate surface area is 131 Å². The Morgan fingerprint density at radius 3 is 2.41 bits per heavy atom. The molecule has 1 rings (SSSR count). The fourth-order valence-electron chi connectivity index (χ4n) is 1.69. The summed E-state index contributed by atoms with van der Waals surface area (Å²) >= 11 is 0. The third kappa shape index (κ3) is 7.47. The van der Waals surface area contributed by atoms with E-state index in [1.165, 1.54) is 0 Å². The van der Waals surface area contributed by atoms with Crippen LogP contribution in [0, 0.1) is 0 Å². The molecule has 2 N–H and O–H groups in total. The average Bonchev–Trinajstić information content (AvgIpc) is 2.49. The molecule has 0 aromatic heterocycles. The Hall–Kier alpha value is -2.30. The molecule has 5 heteroatoms. The monoisotopic (exact) mass is 305 g/mol. The van der Waals surface area contributed by atoms with Crippen molar-refractivity contribution in [3.8, 4) is 0 Å². The zero-order valence-corrected chi connectivity index (χ0v) is 13.0. The average molecular weight is 305 g/mol. The molecule has 1 aromatic rings. The number of carbonyl (C=O) groups is 2. The summed E-state index contributed by atoms with van der Waals surface area (Å²) in [7, 11) is 0. The van der Waals surface area contributed by atoms with Gasteiger partial charge in [0.25, 0.3) is 0 Å². The number of benzene rings is 1. The summed E-state index contributed by atoms with van der Waals surface area (Å²) in [4.78, 5) is 22.7. The lowest BCUT2D eigenvalue weighted by Crippen LogP contribution is -2.07. The van der Waals surface area contributed by atoms with Crippen molar-refractivity contribution in [2.45, 2.75) is 39.2 Å². The molecule has 0 aliphatic rings. The Morgan fingerprint density at radius 1 is 1.09 bits per heavy atom. The van der Waals surface area contributed by atoms with Crippen LogP contribution in [0.2, 0.25) is 0 Å². The van der Waals surface area contributed by atoms with E-state index >= 15 is 0 Å². The lowest BCUT2D eigenvalue weighted by Gasteiger charge is -2.06. The van der Waals surface area contributed by atoms with Gasteiger partial charge in [-0.2, -0.15) is 0 Å². The van der Waals surface area contributed by atoms with E-state index in [4.69, 9.17) is 15.2 Å². The van der Waals surface area contributed by atoms with Crippen LogP contribution in [0.1, 0.15) is 38.2 Å². The first kappa shape index (κ1) is 17.8. The van der Waals surface area contributed by atoms with Gasteiger partial charge in [0, 0.05) is 17.7 Å². The maximum Gasteiger partial charge on any atom is 0.333 e. The van der Waals surface area contributed by atoms with Crippen LogP contribution in [0.4, 0.5) is 5.69 Å². The maximum atomic E-state index is 11.6. The van der Waals surface area contributed by atoms with Crippen LogP contribution < -0.4 is 5.73 Å². The van der Waals surface area contributed by atoms with Gasteiger partial charge in [0.15, 0.2) is 0 Å². The Balaban J connectivity index is 2.05. The van der Waals surface area contributed by atoms with Crippen molar-refractivity contribution in [1.82, 2.24) is 0 Å². The molecule has 0 bridgehead atoms. The van der Waals surface area contributed by atoms with E-state index < -0.39 is 0 Å². The zero-order chi connectivity index (χ0) is 16.4. The van der Waals surface area contributed by atoms with E-state index in [2.05, 4.69) is 6.58 Å². The quantitative estimate of drug-likeness (QED) is 0.328. The molecular weight excluding hydrogens is 282 g/mol. The predicted octanol–water partition coefficient (Wildman–Crippen LogP) is 2.99. The lowest BCUT2D eigenvalue weighted by molar-refractivity contribution is -0.145. The Bertz CT molecular complexity index is 508. The van der Waals surface area contributed by atoms with Crippen molar-refractivity contribution < 1.29 is 19.1 Å². The van der Waals surface area contributed by atoms with Crippen molar-refractivity contribution in [2.75, 3.05) is 12.3 Å². The third-order valence-electron chi connectivity index (χ3n) is 2.99. The van der Waals surface area contributed by atoms with Gasteiger partial charge in [-0.3, -0.25) is 4.79 Å². The molecule has 120 valence electrons. The molecule has 0 unspecified atom stereocenters. The first-order valence-corrected chi connectivity index (χ1v) is 7.31. The van der Waals surface area contributed by atoms with Crippen LogP contribution in [0.15, 0.2) is 36.4 Å². The van der Waals surface area contributed by atoms with Crippen molar-refractivity contribution in [3.05, 3.63) is 42.0 Å². The number of carbonyl (C=O) groups excluding carboxylic acids is 2. The van der Waals surface area contributed by atoms with Gasteiger partial charge < -0.3 is 15.2 Å². The fourth-order valence-corrected chi connectivity index (χ4v) is 1.69. The number of hydrogen-bond acceptors (Lipinski definition) is 5. The van der Waals surface area contributed by atoms with Gasteiger partial charge >= 0.3 is 11.9 Å². The molecule has 0 aliphatic heterocycles. The topological polar surface area (TPSA) is 78.6 Å². The second kappa shape index (κ2) is 9.60. The summed E-state index contributed by atoms with van der Waals surface area (Å²) in [5.41, 5.74) is 7.57. The number of nitrogens with two attached hydrogens (primary N) is 1. The molecule has 5 nitrogen and oxygen atoms in total. The molecule has 0 saturated heterocycles. The zero-order valence-electron chi connectivity index (χ0n) is 13.0. The SMILES string of the molecule is C=C(C)C(=O)OCCCCCC(=O)OCc1ccc(N)cc1. The van der Waals surface area contributed by atoms with E-state index in [1.54, 1.807) is 19.1 Å². The second-order valence-electron chi connectivity index (χ2n) is 5.13. The largest absolute Gasteiger partial charge is 0.462 e. The summed E-state index contributed by atoms with van der Waals surface area (Å²) in [6.07, 6.45) is 2.61. The van der Waals surface area contributed by atoms with Crippen LogP contribution in [-0.4, -0.2) is 18.5 Å². The number of esters is 2. The lowest BCUT2D eigenvalue weighted by atomic mass is 10.2. The molecule has 0 amide bonds. The predicted molar refractivity (Wildman–Crippen MR) is 84.9 cm³/mol. The number of anilines is 1.